The van der Waals surface area contributed by atoms with E-state index < -0.39 is 11.9 Å². The van der Waals surface area contributed by atoms with E-state index in [4.69, 9.17) is 9.47 Å². The molecule has 0 radical (unpaired) electrons. The van der Waals surface area contributed by atoms with Gasteiger partial charge in [0.2, 0.25) is 0 Å². The number of ether oxygens (including phenoxy) is 2. The third-order valence-corrected chi connectivity index (χ3v) is 5.66. The standard InChI is InChI=1S/C21H23NO5S/c1-4-26-21(25)18-17(14-8-6-5-7-9-14)13(3)28-19(18)22-16(23)11-27-20(24)15-10-12(15)2/h5-9,12,15H,4,10-11H2,1-3H3,(H,22,23)/t12-,15+/m1/s1. The van der Waals surface area contributed by atoms with Crippen LogP contribution in [0.4, 0.5) is 5.00 Å². The van der Waals surface area contributed by atoms with Crippen LogP contribution < -0.4 is 5.32 Å². The molecule has 0 unspecified atom stereocenters. The van der Waals surface area contributed by atoms with Crippen molar-refractivity contribution in [2.24, 2.45) is 11.8 Å². The molecule has 7 heteroatoms. The van der Waals surface area contributed by atoms with E-state index >= 15 is 0 Å². The van der Waals surface area contributed by atoms with Crippen molar-refractivity contribution in [3.05, 3.63) is 40.8 Å². The molecule has 1 aromatic carbocycles. The minimum atomic E-state index is -0.496. The largest absolute Gasteiger partial charge is 0.462 e. The Balaban J connectivity index is 1.81. The first-order valence-electron chi connectivity index (χ1n) is 9.24. The zero-order valence-corrected chi connectivity index (χ0v) is 16.9. The first-order valence-corrected chi connectivity index (χ1v) is 10.1. The zero-order valence-electron chi connectivity index (χ0n) is 16.1. The van der Waals surface area contributed by atoms with Crippen molar-refractivity contribution in [3.8, 4) is 11.1 Å². The predicted octanol–water partition coefficient (Wildman–Crippen LogP) is 4.04. The van der Waals surface area contributed by atoms with Crippen molar-refractivity contribution in [1.29, 1.82) is 0 Å². The number of anilines is 1. The third-order valence-electron chi connectivity index (χ3n) is 4.64. The van der Waals surface area contributed by atoms with Gasteiger partial charge in [0, 0.05) is 10.4 Å². The molecule has 28 heavy (non-hydrogen) atoms. The molecule has 0 aliphatic heterocycles. The molecule has 0 spiro atoms. The van der Waals surface area contributed by atoms with Crippen molar-refractivity contribution in [2.75, 3.05) is 18.5 Å². The maximum Gasteiger partial charge on any atom is 0.341 e. The Labute approximate surface area is 167 Å². The lowest BCUT2D eigenvalue weighted by molar-refractivity contribution is -0.148. The lowest BCUT2D eigenvalue weighted by atomic mass is 10.0. The second kappa shape index (κ2) is 8.56. The Morgan fingerprint density at radius 1 is 1.18 bits per heavy atom. The van der Waals surface area contributed by atoms with E-state index in [0.717, 1.165) is 22.4 Å². The highest BCUT2D eigenvalue weighted by Gasteiger charge is 2.40. The number of thiophene rings is 1. The van der Waals surface area contributed by atoms with Gasteiger partial charge in [-0.2, -0.15) is 0 Å². The summed E-state index contributed by atoms with van der Waals surface area (Å²) >= 11 is 1.30. The quantitative estimate of drug-likeness (QED) is 0.708. The Morgan fingerprint density at radius 2 is 1.86 bits per heavy atom. The summed E-state index contributed by atoms with van der Waals surface area (Å²) in [5.41, 5.74) is 1.93. The van der Waals surface area contributed by atoms with Gasteiger partial charge in [0.25, 0.3) is 5.91 Å². The summed E-state index contributed by atoms with van der Waals surface area (Å²) in [7, 11) is 0. The van der Waals surface area contributed by atoms with Gasteiger partial charge >= 0.3 is 11.9 Å². The van der Waals surface area contributed by atoms with Gasteiger partial charge in [0.1, 0.15) is 10.6 Å². The van der Waals surface area contributed by atoms with Gasteiger partial charge in [-0.15, -0.1) is 11.3 Å². The number of benzene rings is 1. The average molecular weight is 401 g/mol. The number of carbonyl (C=O) groups is 3. The van der Waals surface area contributed by atoms with Gasteiger partial charge in [-0.05, 0) is 31.7 Å². The molecule has 3 rings (SSSR count). The topological polar surface area (TPSA) is 81.7 Å². The first kappa shape index (κ1) is 20.1. The van der Waals surface area contributed by atoms with Crippen LogP contribution in [0.2, 0.25) is 0 Å². The number of aryl methyl sites for hydroxylation is 1. The van der Waals surface area contributed by atoms with Crippen LogP contribution in [0.5, 0.6) is 0 Å². The number of esters is 2. The van der Waals surface area contributed by atoms with Gasteiger partial charge < -0.3 is 14.8 Å². The van der Waals surface area contributed by atoms with Crippen LogP contribution in [0.1, 0.15) is 35.5 Å². The van der Waals surface area contributed by atoms with Crippen LogP contribution in [0.3, 0.4) is 0 Å². The average Bonchev–Trinajstić information content (AvgIpc) is 3.31. The van der Waals surface area contributed by atoms with E-state index in [1.54, 1.807) is 6.92 Å². The number of rotatable bonds is 7. The lowest BCUT2D eigenvalue weighted by Crippen LogP contribution is -2.22. The maximum absolute atomic E-state index is 12.6. The normalized spacial score (nSPS) is 17.7. The molecule has 1 aromatic heterocycles. The van der Waals surface area contributed by atoms with Crippen molar-refractivity contribution in [1.82, 2.24) is 0 Å². The van der Waals surface area contributed by atoms with Crippen molar-refractivity contribution in [3.63, 3.8) is 0 Å². The molecule has 0 saturated heterocycles. The van der Waals surface area contributed by atoms with Crippen molar-refractivity contribution >= 4 is 34.2 Å². The van der Waals surface area contributed by atoms with Crippen LogP contribution >= 0.6 is 11.3 Å². The van der Waals surface area contributed by atoms with Crippen LogP contribution in [-0.2, 0) is 19.1 Å². The second-order valence-corrected chi connectivity index (χ2v) is 8.02. The first-order chi connectivity index (χ1) is 13.4. The lowest BCUT2D eigenvalue weighted by Gasteiger charge is -2.09. The molecule has 1 saturated carbocycles. The fourth-order valence-electron chi connectivity index (χ4n) is 3.04. The summed E-state index contributed by atoms with van der Waals surface area (Å²) in [6, 6.07) is 9.48. The molecule has 1 amide bonds. The van der Waals surface area contributed by atoms with Gasteiger partial charge in [0.15, 0.2) is 6.61 Å². The van der Waals surface area contributed by atoms with Gasteiger partial charge in [-0.1, -0.05) is 37.3 Å². The number of carbonyl (C=O) groups excluding carboxylic acids is 3. The van der Waals surface area contributed by atoms with E-state index in [1.807, 2.05) is 44.2 Å². The van der Waals surface area contributed by atoms with Crippen LogP contribution in [0.25, 0.3) is 11.1 Å². The number of amides is 1. The molecule has 1 N–H and O–H groups in total. The van der Waals surface area contributed by atoms with Crippen molar-refractivity contribution in [2.45, 2.75) is 27.2 Å². The van der Waals surface area contributed by atoms with E-state index in [1.165, 1.54) is 11.3 Å². The van der Waals surface area contributed by atoms with Crippen LogP contribution in [-0.4, -0.2) is 31.1 Å². The molecular formula is C21H23NO5S. The second-order valence-electron chi connectivity index (χ2n) is 6.80. The van der Waals surface area contributed by atoms with E-state index in [2.05, 4.69) is 5.32 Å². The SMILES string of the molecule is CCOC(=O)c1c(NC(=O)COC(=O)[C@H]2C[C@H]2C)sc(C)c1-c1ccccc1. The summed E-state index contributed by atoms with van der Waals surface area (Å²) < 4.78 is 10.3. The van der Waals surface area contributed by atoms with Gasteiger partial charge in [0.05, 0.1) is 12.5 Å². The molecule has 0 bridgehead atoms. The van der Waals surface area contributed by atoms with E-state index in [0.29, 0.717) is 16.5 Å². The Morgan fingerprint density at radius 3 is 2.46 bits per heavy atom. The minimum Gasteiger partial charge on any atom is -0.462 e. The van der Waals surface area contributed by atoms with Gasteiger partial charge in [-0.25, -0.2) is 4.79 Å². The summed E-state index contributed by atoms with van der Waals surface area (Å²) in [5.74, 6) is -1.10. The molecule has 2 atom stereocenters. The fourth-order valence-corrected chi connectivity index (χ4v) is 4.12. The highest BCUT2D eigenvalue weighted by molar-refractivity contribution is 7.17. The van der Waals surface area contributed by atoms with E-state index in [-0.39, 0.29) is 25.1 Å². The zero-order chi connectivity index (χ0) is 20.3. The Kier molecular flexibility index (Phi) is 6.14. The summed E-state index contributed by atoms with van der Waals surface area (Å²) in [6.07, 6.45) is 0.804. The monoisotopic (exact) mass is 401 g/mol. The van der Waals surface area contributed by atoms with Crippen LogP contribution in [0.15, 0.2) is 30.3 Å². The highest BCUT2D eigenvalue weighted by Crippen LogP contribution is 2.40. The predicted molar refractivity (Wildman–Crippen MR) is 107 cm³/mol. The molecule has 1 heterocycles. The van der Waals surface area contributed by atoms with Crippen molar-refractivity contribution < 1.29 is 23.9 Å². The molecule has 1 fully saturated rings. The summed E-state index contributed by atoms with van der Waals surface area (Å²) in [5, 5.41) is 3.11. The third kappa shape index (κ3) is 4.42. The molecular weight excluding hydrogens is 378 g/mol. The number of hydrogen-bond donors (Lipinski definition) is 1. The molecule has 2 aromatic rings. The molecule has 148 valence electrons. The summed E-state index contributed by atoms with van der Waals surface area (Å²) in [6.45, 7) is 5.45. The summed E-state index contributed by atoms with van der Waals surface area (Å²) in [4.78, 5) is 37.6. The van der Waals surface area contributed by atoms with E-state index in [9.17, 15) is 14.4 Å². The smallest absolute Gasteiger partial charge is 0.341 e. The maximum atomic E-state index is 12.6. The Hall–Kier alpha value is -2.67. The Bertz CT molecular complexity index is 890. The van der Waals surface area contributed by atoms with Crippen LogP contribution in [0, 0.1) is 18.8 Å². The number of hydrogen-bond acceptors (Lipinski definition) is 6. The fraction of sp³-hybridized carbons (Fsp3) is 0.381. The molecule has 6 nitrogen and oxygen atoms in total. The number of nitrogens with one attached hydrogen (secondary N) is 1. The molecule has 1 aliphatic carbocycles. The molecule has 1 aliphatic rings. The highest BCUT2D eigenvalue weighted by atomic mass is 32.1. The minimum absolute atomic E-state index is 0.100. The van der Waals surface area contributed by atoms with Gasteiger partial charge in [-0.3, -0.25) is 9.59 Å².